The van der Waals surface area contributed by atoms with Crippen molar-refractivity contribution in [3.8, 4) is 0 Å². The van der Waals surface area contributed by atoms with Crippen molar-refractivity contribution in [3.63, 3.8) is 0 Å². The van der Waals surface area contributed by atoms with Gasteiger partial charge in [0.15, 0.2) is 0 Å². The van der Waals surface area contributed by atoms with Crippen molar-refractivity contribution in [1.29, 1.82) is 0 Å². The molecule has 3 rings (SSSR count). The van der Waals surface area contributed by atoms with Crippen LogP contribution in [0.4, 0.5) is 0 Å². The number of benzene rings is 2. The molecule has 1 heterocycles. The number of carbonyl (C=O) groups is 4. The Bertz CT molecular complexity index is 1120. The van der Waals surface area contributed by atoms with E-state index in [-0.39, 0.29) is 49.6 Å². The Morgan fingerprint density at radius 1 is 0.972 bits per heavy atom. The summed E-state index contributed by atoms with van der Waals surface area (Å²) in [6, 6.07) is 11.0. The van der Waals surface area contributed by atoms with Crippen LogP contribution in [0, 0.1) is 0 Å². The van der Waals surface area contributed by atoms with Gasteiger partial charge in [0.1, 0.15) is 6.04 Å². The van der Waals surface area contributed by atoms with Crippen LogP contribution in [0.25, 0.3) is 0 Å². The fourth-order valence-corrected chi connectivity index (χ4v) is 4.72. The van der Waals surface area contributed by atoms with Crippen molar-refractivity contribution in [2.75, 3.05) is 6.54 Å². The first-order chi connectivity index (χ1) is 16.9. The van der Waals surface area contributed by atoms with Gasteiger partial charge in [0, 0.05) is 40.7 Å². The van der Waals surface area contributed by atoms with Gasteiger partial charge in [-0.2, -0.15) is 0 Å². The van der Waals surface area contributed by atoms with Crippen LogP contribution in [0.5, 0.6) is 0 Å². The largest absolute Gasteiger partial charge is 0.350 e. The van der Waals surface area contributed by atoms with Gasteiger partial charge in [0.2, 0.25) is 11.8 Å². The van der Waals surface area contributed by atoms with Gasteiger partial charge in [0.25, 0.3) is 11.8 Å². The average molecular weight is 532 g/mol. The van der Waals surface area contributed by atoms with Gasteiger partial charge in [-0.15, -0.1) is 0 Å². The third-order valence-corrected chi connectivity index (χ3v) is 6.63. The highest BCUT2D eigenvalue weighted by Gasteiger charge is 2.35. The quantitative estimate of drug-likeness (QED) is 0.456. The van der Waals surface area contributed by atoms with Crippen molar-refractivity contribution in [2.24, 2.45) is 0 Å². The standard InChI is InChI=1S/C27H31Cl2N3O4/c1-5-22(24(34)30-27(2,3)4)32(16-19-20(28)12-8-13-21(19)29)23(33)14-9-15-31-25(35)17-10-6-7-11-18(17)26(31)36/h6-8,10-13,22H,5,9,14-16H2,1-4H3,(H,30,34)/t22-/m0/s1. The Labute approximate surface area is 221 Å². The number of hydrogen-bond acceptors (Lipinski definition) is 4. The van der Waals surface area contributed by atoms with Gasteiger partial charge in [-0.1, -0.05) is 48.3 Å². The molecule has 0 radical (unpaired) electrons. The summed E-state index contributed by atoms with van der Waals surface area (Å²) in [5.41, 5.74) is 0.811. The lowest BCUT2D eigenvalue weighted by molar-refractivity contribution is -0.142. The van der Waals surface area contributed by atoms with Gasteiger partial charge >= 0.3 is 0 Å². The number of hydrogen-bond donors (Lipinski definition) is 1. The Hall–Kier alpha value is -2.90. The molecule has 0 spiro atoms. The number of amides is 4. The van der Waals surface area contributed by atoms with Crippen LogP contribution in [0.3, 0.4) is 0 Å². The van der Waals surface area contributed by atoms with Crippen LogP contribution < -0.4 is 5.32 Å². The van der Waals surface area contributed by atoms with Crippen LogP contribution in [0.15, 0.2) is 42.5 Å². The molecule has 1 atom stereocenters. The van der Waals surface area contributed by atoms with Gasteiger partial charge in [0.05, 0.1) is 11.1 Å². The van der Waals surface area contributed by atoms with E-state index in [4.69, 9.17) is 23.2 Å². The lowest BCUT2D eigenvalue weighted by Gasteiger charge is -2.33. The number of carbonyl (C=O) groups excluding carboxylic acids is 4. The maximum absolute atomic E-state index is 13.5. The minimum atomic E-state index is -0.747. The highest BCUT2D eigenvalue weighted by Crippen LogP contribution is 2.28. The highest BCUT2D eigenvalue weighted by atomic mass is 35.5. The second-order valence-corrected chi connectivity index (χ2v) is 10.6. The van der Waals surface area contributed by atoms with Gasteiger partial charge in [-0.05, 0) is 57.9 Å². The summed E-state index contributed by atoms with van der Waals surface area (Å²) in [7, 11) is 0. The second kappa shape index (κ2) is 11.4. The molecule has 1 aliphatic heterocycles. The van der Waals surface area contributed by atoms with Crippen LogP contribution in [-0.4, -0.2) is 51.6 Å². The molecule has 0 unspecified atom stereocenters. The monoisotopic (exact) mass is 531 g/mol. The number of fused-ring (bicyclic) bond motifs is 1. The number of nitrogens with zero attached hydrogens (tertiary/aromatic N) is 2. The fraction of sp³-hybridized carbons (Fsp3) is 0.407. The maximum atomic E-state index is 13.5. The van der Waals surface area contributed by atoms with Gasteiger partial charge in [-0.3, -0.25) is 24.1 Å². The summed E-state index contributed by atoms with van der Waals surface area (Å²) in [5.74, 6) is -1.29. The summed E-state index contributed by atoms with van der Waals surface area (Å²) in [6.07, 6.45) is 0.678. The summed E-state index contributed by atoms with van der Waals surface area (Å²) < 4.78 is 0. The van der Waals surface area contributed by atoms with E-state index in [1.807, 2.05) is 27.7 Å². The maximum Gasteiger partial charge on any atom is 0.261 e. The molecule has 2 aromatic rings. The van der Waals surface area contributed by atoms with Crippen LogP contribution >= 0.6 is 23.2 Å². The van der Waals surface area contributed by atoms with Crippen LogP contribution in [0.1, 0.15) is 73.2 Å². The first kappa shape index (κ1) is 27.7. The van der Waals surface area contributed by atoms with Crippen molar-refractivity contribution >= 4 is 46.8 Å². The van der Waals surface area contributed by atoms with Crippen molar-refractivity contribution in [3.05, 3.63) is 69.2 Å². The topological polar surface area (TPSA) is 86.8 Å². The Morgan fingerprint density at radius 3 is 2.03 bits per heavy atom. The predicted octanol–water partition coefficient (Wildman–Crippen LogP) is 5.09. The molecular formula is C27H31Cl2N3O4. The molecule has 0 saturated carbocycles. The molecule has 0 fully saturated rings. The number of halogens is 2. The minimum Gasteiger partial charge on any atom is -0.350 e. The molecule has 2 aromatic carbocycles. The predicted molar refractivity (Wildman–Crippen MR) is 140 cm³/mol. The highest BCUT2D eigenvalue weighted by molar-refractivity contribution is 6.36. The molecule has 9 heteroatoms. The molecule has 0 aliphatic carbocycles. The Morgan fingerprint density at radius 2 is 1.53 bits per heavy atom. The van der Waals surface area contributed by atoms with Crippen molar-refractivity contribution < 1.29 is 19.2 Å². The van der Waals surface area contributed by atoms with E-state index in [1.165, 1.54) is 4.90 Å². The third kappa shape index (κ3) is 6.26. The Balaban J connectivity index is 1.77. The molecule has 7 nitrogen and oxygen atoms in total. The van der Waals surface area contributed by atoms with Gasteiger partial charge in [-0.25, -0.2) is 0 Å². The zero-order valence-corrected chi connectivity index (χ0v) is 22.4. The molecule has 192 valence electrons. The van der Waals surface area contributed by atoms with Crippen LogP contribution in [-0.2, 0) is 16.1 Å². The number of rotatable bonds is 9. The van der Waals surface area contributed by atoms with E-state index in [9.17, 15) is 19.2 Å². The molecule has 0 bridgehead atoms. The van der Waals surface area contributed by atoms with E-state index < -0.39 is 11.6 Å². The zero-order valence-electron chi connectivity index (χ0n) is 20.9. The molecule has 1 aliphatic rings. The first-order valence-corrected chi connectivity index (χ1v) is 12.7. The normalized spacial score (nSPS) is 14.0. The molecule has 0 aromatic heterocycles. The molecule has 4 amide bonds. The third-order valence-electron chi connectivity index (χ3n) is 5.92. The lowest BCUT2D eigenvalue weighted by atomic mass is 10.0. The smallest absolute Gasteiger partial charge is 0.261 e. The minimum absolute atomic E-state index is 0.0365. The first-order valence-electron chi connectivity index (χ1n) is 11.9. The Kier molecular flexibility index (Phi) is 8.80. The van der Waals surface area contributed by atoms with Crippen molar-refractivity contribution in [1.82, 2.24) is 15.1 Å². The molecule has 36 heavy (non-hydrogen) atoms. The van der Waals surface area contributed by atoms with E-state index in [0.717, 1.165) is 4.90 Å². The lowest BCUT2D eigenvalue weighted by Crippen LogP contribution is -2.53. The average Bonchev–Trinajstić information content (AvgIpc) is 3.04. The van der Waals surface area contributed by atoms with Crippen molar-refractivity contribution in [2.45, 2.75) is 65.1 Å². The van der Waals surface area contributed by atoms with E-state index in [1.54, 1.807) is 42.5 Å². The fourth-order valence-electron chi connectivity index (χ4n) is 4.20. The molecule has 1 N–H and O–H groups in total. The molecule has 0 saturated heterocycles. The summed E-state index contributed by atoms with van der Waals surface area (Å²) in [6.45, 7) is 7.61. The SMILES string of the molecule is CC[C@@H](C(=O)NC(C)(C)C)N(Cc1c(Cl)cccc1Cl)C(=O)CCCN1C(=O)c2ccccc2C1=O. The molecular weight excluding hydrogens is 501 g/mol. The van der Waals surface area contributed by atoms with Gasteiger partial charge < -0.3 is 10.2 Å². The van der Waals surface area contributed by atoms with E-state index >= 15 is 0 Å². The summed E-state index contributed by atoms with van der Waals surface area (Å²) in [4.78, 5) is 54.5. The van der Waals surface area contributed by atoms with Crippen LogP contribution in [0.2, 0.25) is 10.0 Å². The van der Waals surface area contributed by atoms with E-state index in [0.29, 0.717) is 33.2 Å². The second-order valence-electron chi connectivity index (χ2n) is 9.80. The zero-order chi connectivity index (χ0) is 26.6. The summed E-state index contributed by atoms with van der Waals surface area (Å²) in [5, 5.41) is 3.75. The van der Waals surface area contributed by atoms with E-state index in [2.05, 4.69) is 5.32 Å². The summed E-state index contributed by atoms with van der Waals surface area (Å²) >= 11 is 12.7. The number of imide groups is 1. The number of nitrogens with one attached hydrogen (secondary N) is 1.